The average Bonchev–Trinajstić information content (AvgIpc) is 2.36. The number of benzene rings is 1. The summed E-state index contributed by atoms with van der Waals surface area (Å²) in [6, 6.07) is 2.10. The zero-order chi connectivity index (χ0) is 16.7. The molecule has 0 bridgehead atoms. The van der Waals surface area contributed by atoms with Crippen LogP contribution in [0.4, 0.5) is 17.6 Å². The maximum absolute atomic E-state index is 13.8. The third kappa shape index (κ3) is 3.27. The Morgan fingerprint density at radius 1 is 1.18 bits per heavy atom. The number of halogens is 6. The highest BCUT2D eigenvalue weighted by Crippen LogP contribution is 2.32. The average molecular weight is 377 g/mol. The van der Waals surface area contributed by atoms with Crippen molar-refractivity contribution in [1.82, 2.24) is 9.71 Å². The fourth-order valence-corrected chi connectivity index (χ4v) is 3.43. The van der Waals surface area contributed by atoms with Crippen LogP contribution in [0.25, 0.3) is 10.9 Å². The van der Waals surface area contributed by atoms with Gasteiger partial charge in [-0.3, -0.25) is 4.98 Å². The first-order valence-corrected chi connectivity index (χ1v) is 7.75. The molecule has 0 saturated heterocycles. The van der Waals surface area contributed by atoms with Crippen LogP contribution in [0.5, 0.6) is 0 Å². The Balaban J connectivity index is 2.60. The number of alkyl halides is 3. The van der Waals surface area contributed by atoms with Gasteiger partial charge < -0.3 is 0 Å². The van der Waals surface area contributed by atoms with Gasteiger partial charge in [0.2, 0.25) is 16.3 Å². The van der Waals surface area contributed by atoms with E-state index in [2.05, 4.69) is 4.98 Å². The highest BCUT2D eigenvalue weighted by Gasteiger charge is 2.29. The van der Waals surface area contributed by atoms with Crippen molar-refractivity contribution in [2.24, 2.45) is 0 Å². The molecule has 1 N–H and O–H groups in total. The zero-order valence-electron chi connectivity index (χ0n) is 10.3. The standard InChI is InChI=1S/C11H6Cl2F4N2O2S/c12-4-1-5(14)8-6(2-4)18-3-7(9(8)13)22(20,21)19-11(17)10(15)16/h1-3,10-11,19H. The summed E-state index contributed by atoms with van der Waals surface area (Å²) in [5.41, 5.74) is -0.0420. The largest absolute Gasteiger partial charge is 0.283 e. The Hall–Kier alpha value is -1.16. The minimum atomic E-state index is -4.75. The number of hydrogen-bond donors (Lipinski definition) is 1. The molecule has 0 aliphatic rings. The van der Waals surface area contributed by atoms with Crippen LogP contribution in [-0.4, -0.2) is 26.1 Å². The maximum atomic E-state index is 13.8. The summed E-state index contributed by atoms with van der Waals surface area (Å²) in [4.78, 5) is 2.82. The summed E-state index contributed by atoms with van der Waals surface area (Å²) < 4.78 is 75.7. The van der Waals surface area contributed by atoms with Gasteiger partial charge in [0.05, 0.1) is 15.9 Å². The molecule has 1 atom stereocenters. The lowest BCUT2D eigenvalue weighted by molar-refractivity contribution is 0.0440. The van der Waals surface area contributed by atoms with E-state index in [-0.39, 0.29) is 15.9 Å². The van der Waals surface area contributed by atoms with Gasteiger partial charge in [0.1, 0.15) is 10.7 Å². The van der Waals surface area contributed by atoms with Gasteiger partial charge in [-0.1, -0.05) is 23.2 Å². The Kier molecular flexibility index (Phi) is 4.81. The van der Waals surface area contributed by atoms with E-state index in [4.69, 9.17) is 23.2 Å². The Morgan fingerprint density at radius 2 is 1.82 bits per heavy atom. The Bertz CT molecular complexity index is 832. The van der Waals surface area contributed by atoms with Crippen molar-refractivity contribution in [1.29, 1.82) is 0 Å². The zero-order valence-corrected chi connectivity index (χ0v) is 12.7. The van der Waals surface area contributed by atoms with Gasteiger partial charge in [0, 0.05) is 11.2 Å². The first-order chi connectivity index (χ1) is 10.1. The molecule has 1 heterocycles. The molecule has 0 saturated carbocycles. The lowest BCUT2D eigenvalue weighted by atomic mass is 10.2. The third-order valence-electron chi connectivity index (χ3n) is 2.57. The molecule has 0 radical (unpaired) electrons. The molecule has 2 rings (SSSR count). The number of aromatic nitrogens is 1. The number of fused-ring (bicyclic) bond motifs is 1. The van der Waals surface area contributed by atoms with Crippen LogP contribution in [0, 0.1) is 5.82 Å². The second kappa shape index (κ2) is 6.15. The number of nitrogens with one attached hydrogen (secondary N) is 1. The lowest BCUT2D eigenvalue weighted by Gasteiger charge is -2.12. The second-order valence-corrected chi connectivity index (χ2v) is 6.57. The first-order valence-electron chi connectivity index (χ1n) is 5.51. The minimum Gasteiger partial charge on any atom is -0.255 e. The van der Waals surface area contributed by atoms with Gasteiger partial charge in [0.15, 0.2) is 0 Å². The van der Waals surface area contributed by atoms with Crippen molar-refractivity contribution in [2.45, 2.75) is 17.6 Å². The fraction of sp³-hybridized carbons (Fsp3) is 0.182. The maximum Gasteiger partial charge on any atom is 0.283 e. The van der Waals surface area contributed by atoms with E-state index in [0.717, 1.165) is 10.8 Å². The number of hydrogen-bond acceptors (Lipinski definition) is 3. The molecule has 1 aromatic carbocycles. The normalized spacial score (nSPS) is 13.8. The third-order valence-corrected chi connectivity index (χ3v) is 4.72. The van der Waals surface area contributed by atoms with Crippen LogP contribution >= 0.6 is 23.2 Å². The summed E-state index contributed by atoms with van der Waals surface area (Å²) in [5.74, 6) is -0.956. The predicted octanol–water partition coefficient (Wildman–Crippen LogP) is 3.52. The van der Waals surface area contributed by atoms with Crippen molar-refractivity contribution in [2.75, 3.05) is 0 Å². The monoisotopic (exact) mass is 376 g/mol. The highest BCUT2D eigenvalue weighted by molar-refractivity contribution is 7.89. The van der Waals surface area contributed by atoms with Crippen molar-refractivity contribution in [3.63, 3.8) is 0 Å². The van der Waals surface area contributed by atoms with E-state index in [1.165, 1.54) is 6.07 Å². The molecule has 0 aliphatic heterocycles. The fourth-order valence-electron chi connectivity index (χ4n) is 1.64. The van der Waals surface area contributed by atoms with E-state index in [9.17, 15) is 26.0 Å². The van der Waals surface area contributed by atoms with Crippen molar-refractivity contribution in [3.05, 3.63) is 34.2 Å². The molecule has 2 aromatic rings. The smallest absolute Gasteiger partial charge is 0.255 e. The number of sulfonamides is 1. The molecule has 120 valence electrons. The molecule has 0 spiro atoms. The molecule has 1 unspecified atom stereocenters. The minimum absolute atomic E-state index is 0.00354. The second-order valence-electron chi connectivity index (χ2n) is 4.08. The molecule has 0 fully saturated rings. The molecule has 11 heteroatoms. The molecule has 0 aliphatic carbocycles. The van der Waals surface area contributed by atoms with Crippen molar-refractivity contribution >= 4 is 44.1 Å². The van der Waals surface area contributed by atoms with Crippen LogP contribution in [0.3, 0.4) is 0 Å². The SMILES string of the molecule is O=S(=O)(NC(F)C(F)F)c1cnc2cc(Cl)cc(F)c2c1Cl. The van der Waals surface area contributed by atoms with Crippen molar-refractivity contribution < 1.29 is 26.0 Å². The van der Waals surface area contributed by atoms with Gasteiger partial charge in [-0.2, -0.15) is 4.72 Å². The summed E-state index contributed by atoms with van der Waals surface area (Å²) in [5, 5.41) is -0.988. The lowest BCUT2D eigenvalue weighted by Crippen LogP contribution is -2.36. The molecule has 0 amide bonds. The van der Waals surface area contributed by atoms with E-state index < -0.39 is 38.5 Å². The summed E-state index contributed by atoms with van der Waals surface area (Å²) in [6.45, 7) is 0. The van der Waals surface area contributed by atoms with Crippen LogP contribution in [-0.2, 0) is 10.0 Å². The van der Waals surface area contributed by atoms with Gasteiger partial charge in [-0.05, 0) is 12.1 Å². The van der Waals surface area contributed by atoms with E-state index in [0.29, 0.717) is 6.20 Å². The predicted molar refractivity (Wildman–Crippen MR) is 72.9 cm³/mol. The van der Waals surface area contributed by atoms with E-state index in [1.807, 2.05) is 0 Å². The van der Waals surface area contributed by atoms with E-state index >= 15 is 0 Å². The molecule has 22 heavy (non-hydrogen) atoms. The molecule has 1 aromatic heterocycles. The van der Waals surface area contributed by atoms with E-state index in [1.54, 1.807) is 0 Å². The van der Waals surface area contributed by atoms with Gasteiger partial charge in [-0.25, -0.2) is 26.0 Å². The van der Waals surface area contributed by atoms with Gasteiger partial charge in [-0.15, -0.1) is 0 Å². The first kappa shape index (κ1) is 17.2. The highest BCUT2D eigenvalue weighted by atomic mass is 35.5. The van der Waals surface area contributed by atoms with Gasteiger partial charge in [0.25, 0.3) is 6.43 Å². The van der Waals surface area contributed by atoms with Crippen molar-refractivity contribution in [3.8, 4) is 0 Å². The Labute approximate surface area is 132 Å². The van der Waals surface area contributed by atoms with Crippen LogP contribution in [0.2, 0.25) is 10.0 Å². The number of pyridine rings is 1. The van der Waals surface area contributed by atoms with Crippen LogP contribution < -0.4 is 4.72 Å². The quantitative estimate of drug-likeness (QED) is 0.655. The molecule has 4 nitrogen and oxygen atoms in total. The topological polar surface area (TPSA) is 59.1 Å². The molecular weight excluding hydrogens is 371 g/mol. The van der Waals surface area contributed by atoms with Crippen LogP contribution in [0.15, 0.2) is 23.2 Å². The number of rotatable bonds is 4. The van der Waals surface area contributed by atoms with Gasteiger partial charge >= 0.3 is 0 Å². The summed E-state index contributed by atoms with van der Waals surface area (Å²) in [6.07, 6.45) is -6.01. The molecular formula is C11H6Cl2F4N2O2S. The number of nitrogens with zero attached hydrogens (tertiary/aromatic N) is 1. The van der Waals surface area contributed by atoms with Crippen LogP contribution in [0.1, 0.15) is 0 Å². The summed E-state index contributed by atoms with van der Waals surface area (Å²) >= 11 is 11.4. The summed E-state index contributed by atoms with van der Waals surface area (Å²) in [7, 11) is -4.75. The Morgan fingerprint density at radius 3 is 2.41 bits per heavy atom.